The molecule has 4 aliphatic rings. The lowest BCUT2D eigenvalue weighted by Crippen LogP contribution is -2.51. The number of rotatable bonds is 5. The molecule has 5 rings (SSSR count). The van der Waals surface area contributed by atoms with Gasteiger partial charge in [-0.25, -0.2) is 4.68 Å². The molecule has 0 aliphatic heterocycles. The van der Waals surface area contributed by atoms with Gasteiger partial charge in [-0.15, -0.1) is 5.10 Å². The van der Waals surface area contributed by atoms with E-state index in [0.29, 0.717) is 11.3 Å². The lowest BCUT2D eigenvalue weighted by atomic mass is 9.48. The van der Waals surface area contributed by atoms with Gasteiger partial charge in [0.2, 0.25) is 0 Å². The highest BCUT2D eigenvalue weighted by molar-refractivity contribution is 5.07. The molecule has 1 aromatic heterocycles. The summed E-state index contributed by atoms with van der Waals surface area (Å²) in [5, 5.41) is 23.3. The van der Waals surface area contributed by atoms with Crippen LogP contribution < -0.4 is 0 Å². The van der Waals surface area contributed by atoms with Crippen LogP contribution in [0.4, 0.5) is 0 Å². The van der Waals surface area contributed by atoms with E-state index >= 15 is 0 Å². The third-order valence-corrected chi connectivity index (χ3v) is 10.8. The normalized spacial score (nSPS) is 45.6. The second kappa shape index (κ2) is 8.11. The van der Waals surface area contributed by atoms with Gasteiger partial charge in [0.15, 0.2) is 0 Å². The van der Waals surface area contributed by atoms with E-state index in [1.54, 1.807) is 0 Å². The first-order valence-corrected chi connectivity index (χ1v) is 13.3. The number of aryl methyl sites for hydroxylation is 1. The summed E-state index contributed by atoms with van der Waals surface area (Å²) in [6, 6.07) is 0. The Morgan fingerprint density at radius 3 is 2.61 bits per heavy atom. The first-order chi connectivity index (χ1) is 14.8. The van der Waals surface area contributed by atoms with Crippen LogP contribution >= 0.6 is 0 Å². The van der Waals surface area contributed by atoms with Crippen LogP contribution in [0.5, 0.6) is 0 Å². The van der Waals surface area contributed by atoms with Gasteiger partial charge in [-0.05, 0) is 128 Å². The van der Waals surface area contributed by atoms with E-state index in [0.717, 1.165) is 73.6 Å². The maximum atomic E-state index is 11.1. The molecule has 4 aliphatic carbocycles. The van der Waals surface area contributed by atoms with Crippen molar-refractivity contribution in [3.63, 3.8) is 0 Å². The van der Waals surface area contributed by atoms with E-state index in [2.05, 4.69) is 36.3 Å². The molecule has 0 unspecified atom stereocenters. The Bertz CT molecular complexity index is 779. The average Bonchev–Trinajstić information content (AvgIpc) is 3.30. The monoisotopic (exact) mass is 428 g/mol. The maximum absolute atomic E-state index is 11.1. The van der Waals surface area contributed by atoms with Crippen LogP contribution in [0.25, 0.3) is 0 Å². The summed E-state index contributed by atoms with van der Waals surface area (Å²) >= 11 is 0. The highest BCUT2D eigenvalue weighted by Gasteiger charge is 2.58. The van der Waals surface area contributed by atoms with Gasteiger partial charge in [0, 0.05) is 6.54 Å². The fraction of sp³-hybridized carbons (Fsp3) is 0.962. The van der Waals surface area contributed by atoms with Crippen LogP contribution in [0.3, 0.4) is 0 Å². The minimum atomic E-state index is -0.353. The molecule has 0 radical (unpaired) electrons. The van der Waals surface area contributed by atoms with E-state index in [9.17, 15) is 5.11 Å². The van der Waals surface area contributed by atoms with E-state index in [-0.39, 0.29) is 5.60 Å². The Hall–Kier alpha value is -0.970. The lowest BCUT2D eigenvalue weighted by molar-refractivity contribution is -0.110. The summed E-state index contributed by atoms with van der Waals surface area (Å²) in [4.78, 5) is 0. The second-order valence-corrected chi connectivity index (χ2v) is 12.3. The Labute approximate surface area is 188 Å². The van der Waals surface area contributed by atoms with Crippen LogP contribution in [0, 0.1) is 53.8 Å². The van der Waals surface area contributed by atoms with Gasteiger partial charge < -0.3 is 5.11 Å². The quantitative estimate of drug-likeness (QED) is 0.680. The van der Waals surface area contributed by atoms with Crippen LogP contribution in [-0.4, -0.2) is 30.9 Å². The number of fused-ring (bicyclic) bond motifs is 5. The Morgan fingerprint density at radius 1 is 1.06 bits per heavy atom. The maximum Gasteiger partial charge on any atom is 0.148 e. The molecule has 9 atom stereocenters. The van der Waals surface area contributed by atoms with E-state index < -0.39 is 0 Å². The van der Waals surface area contributed by atoms with Crippen molar-refractivity contribution in [3.8, 4) is 0 Å². The Balaban J connectivity index is 1.29. The fourth-order valence-corrected chi connectivity index (χ4v) is 9.45. The molecule has 4 fully saturated rings. The van der Waals surface area contributed by atoms with Crippen molar-refractivity contribution in [1.29, 1.82) is 0 Å². The molecule has 0 amide bonds. The molecule has 1 aromatic rings. The van der Waals surface area contributed by atoms with Crippen molar-refractivity contribution in [2.75, 3.05) is 0 Å². The standard InChI is InChI=1S/C26H44N4O/c1-5-12-26(31)14-11-20-19(15-26)6-7-22-21(20)10-13-25(4)23(8-9-24(22)25)17(2)16-30-18(3)27-28-29-30/h17,19-24,31H,5-16H2,1-4H3/t17-,19+,20-,21+,22+,23+,24-,25+,26+/m0/s1. The van der Waals surface area contributed by atoms with Gasteiger partial charge in [0.1, 0.15) is 5.82 Å². The third kappa shape index (κ3) is 3.67. The molecule has 0 bridgehead atoms. The smallest absolute Gasteiger partial charge is 0.148 e. The molecule has 0 spiro atoms. The zero-order valence-electron chi connectivity index (χ0n) is 20.3. The number of aromatic nitrogens is 4. The summed E-state index contributed by atoms with van der Waals surface area (Å²) < 4.78 is 2.01. The molecule has 1 heterocycles. The first kappa shape index (κ1) is 21.9. The third-order valence-electron chi connectivity index (χ3n) is 10.8. The number of hydrogen-bond donors (Lipinski definition) is 1. The molecular weight excluding hydrogens is 384 g/mol. The van der Waals surface area contributed by atoms with Gasteiger partial charge in [-0.3, -0.25) is 0 Å². The minimum absolute atomic E-state index is 0.353. The molecular formula is C26H44N4O. The zero-order valence-corrected chi connectivity index (χ0v) is 20.3. The van der Waals surface area contributed by atoms with Gasteiger partial charge >= 0.3 is 0 Å². The predicted molar refractivity (Wildman–Crippen MR) is 122 cm³/mol. The van der Waals surface area contributed by atoms with Crippen molar-refractivity contribution in [1.82, 2.24) is 20.2 Å². The fourth-order valence-electron chi connectivity index (χ4n) is 9.45. The van der Waals surface area contributed by atoms with Crippen molar-refractivity contribution in [3.05, 3.63) is 5.82 Å². The molecule has 1 N–H and O–H groups in total. The number of tetrazole rings is 1. The van der Waals surface area contributed by atoms with Gasteiger partial charge in [0.05, 0.1) is 5.60 Å². The largest absolute Gasteiger partial charge is 0.390 e. The molecule has 4 saturated carbocycles. The lowest BCUT2D eigenvalue weighted by Gasteiger charge is -2.57. The summed E-state index contributed by atoms with van der Waals surface area (Å²) in [6.45, 7) is 10.3. The second-order valence-electron chi connectivity index (χ2n) is 12.3. The average molecular weight is 429 g/mol. The van der Waals surface area contributed by atoms with Crippen molar-refractivity contribution in [2.45, 2.75) is 110 Å². The summed E-state index contributed by atoms with van der Waals surface area (Å²) in [7, 11) is 0. The van der Waals surface area contributed by atoms with Crippen LogP contribution in [0.15, 0.2) is 0 Å². The van der Waals surface area contributed by atoms with Crippen molar-refractivity contribution in [2.24, 2.45) is 46.8 Å². The Morgan fingerprint density at radius 2 is 1.87 bits per heavy atom. The van der Waals surface area contributed by atoms with E-state index in [4.69, 9.17) is 0 Å². The molecule has 0 aromatic carbocycles. The molecule has 0 saturated heterocycles. The van der Waals surface area contributed by atoms with E-state index in [1.807, 2.05) is 11.6 Å². The SMILES string of the molecule is CCC[C@@]1(O)CC[C@H]2[C@H](CC[C@@H]3[C@@H]2CC[C@]2(C)[C@@H]([C@@H](C)Cn4nnnc4C)CC[C@@H]32)C1. The topological polar surface area (TPSA) is 63.8 Å². The van der Waals surface area contributed by atoms with Gasteiger partial charge in [0.25, 0.3) is 0 Å². The summed E-state index contributed by atoms with van der Waals surface area (Å²) in [5.74, 6) is 6.81. The molecule has 174 valence electrons. The van der Waals surface area contributed by atoms with Gasteiger partial charge in [-0.2, -0.15) is 0 Å². The van der Waals surface area contributed by atoms with Crippen LogP contribution in [0.2, 0.25) is 0 Å². The number of hydrogen-bond acceptors (Lipinski definition) is 4. The summed E-state index contributed by atoms with van der Waals surface area (Å²) in [5.41, 5.74) is 0.140. The molecule has 5 heteroatoms. The first-order valence-electron chi connectivity index (χ1n) is 13.3. The van der Waals surface area contributed by atoms with Crippen LogP contribution in [0.1, 0.15) is 97.2 Å². The number of aliphatic hydroxyl groups is 1. The molecule has 5 nitrogen and oxygen atoms in total. The summed E-state index contributed by atoms with van der Waals surface area (Å²) in [6.07, 6.45) is 14.0. The Kier molecular flexibility index (Phi) is 5.72. The van der Waals surface area contributed by atoms with Gasteiger partial charge in [-0.1, -0.05) is 27.2 Å². The zero-order chi connectivity index (χ0) is 21.8. The van der Waals surface area contributed by atoms with Crippen molar-refractivity contribution >= 4 is 0 Å². The predicted octanol–water partition coefficient (Wildman–Crippen LogP) is 5.42. The molecule has 31 heavy (non-hydrogen) atoms. The highest BCUT2D eigenvalue weighted by Crippen LogP contribution is 2.65. The van der Waals surface area contributed by atoms with E-state index in [1.165, 1.54) is 44.9 Å². The highest BCUT2D eigenvalue weighted by atomic mass is 16.3. The van der Waals surface area contributed by atoms with Crippen molar-refractivity contribution < 1.29 is 5.11 Å². The number of nitrogens with zero attached hydrogens (tertiary/aromatic N) is 4. The minimum Gasteiger partial charge on any atom is -0.390 e. The van der Waals surface area contributed by atoms with Crippen LogP contribution in [-0.2, 0) is 6.54 Å².